The van der Waals surface area contributed by atoms with Crippen LogP contribution in [0.1, 0.15) is 24.0 Å². The van der Waals surface area contributed by atoms with Gasteiger partial charge in [0.1, 0.15) is 11.3 Å². The number of ether oxygens (including phenoxy) is 1. The summed E-state index contributed by atoms with van der Waals surface area (Å²) in [5.41, 5.74) is 3.22. The van der Waals surface area contributed by atoms with Crippen LogP contribution in [0.15, 0.2) is 59.2 Å². The average molecular weight is 337 g/mol. The van der Waals surface area contributed by atoms with Crippen molar-refractivity contribution in [3.05, 3.63) is 65.9 Å². The van der Waals surface area contributed by atoms with Gasteiger partial charge >= 0.3 is 0 Å². The standard InChI is InChI=1S/C21H23NO3/c1-16-8-10-18(11-9-16)24-14-4-7-21(23)22-13-12-17-15-25-20-6-3-2-5-19(17)20/h2-3,5-6,8-11,15H,4,7,12-14H2,1H3,(H,22,23). The fourth-order valence-corrected chi connectivity index (χ4v) is 2.71. The molecule has 0 saturated carbocycles. The number of carbonyl (C=O) groups excluding carboxylic acids is 1. The Labute approximate surface area is 147 Å². The first-order chi connectivity index (χ1) is 12.2. The highest BCUT2D eigenvalue weighted by Crippen LogP contribution is 2.20. The second-order valence-corrected chi connectivity index (χ2v) is 6.12. The summed E-state index contributed by atoms with van der Waals surface area (Å²) in [6.07, 6.45) is 3.71. The van der Waals surface area contributed by atoms with Crippen LogP contribution in [0.3, 0.4) is 0 Å². The molecular weight excluding hydrogens is 314 g/mol. The molecule has 3 aromatic rings. The fourth-order valence-electron chi connectivity index (χ4n) is 2.71. The van der Waals surface area contributed by atoms with Crippen molar-refractivity contribution in [1.29, 1.82) is 0 Å². The summed E-state index contributed by atoms with van der Waals surface area (Å²) >= 11 is 0. The monoisotopic (exact) mass is 337 g/mol. The zero-order chi connectivity index (χ0) is 17.5. The molecule has 0 atom stereocenters. The molecule has 0 bridgehead atoms. The minimum Gasteiger partial charge on any atom is -0.494 e. The van der Waals surface area contributed by atoms with Gasteiger partial charge in [0.05, 0.1) is 12.9 Å². The second kappa shape index (κ2) is 8.38. The highest BCUT2D eigenvalue weighted by atomic mass is 16.5. The second-order valence-electron chi connectivity index (χ2n) is 6.12. The maximum Gasteiger partial charge on any atom is 0.220 e. The molecule has 1 N–H and O–H groups in total. The third-order valence-corrected chi connectivity index (χ3v) is 4.12. The topological polar surface area (TPSA) is 51.5 Å². The van der Waals surface area contributed by atoms with E-state index in [4.69, 9.17) is 9.15 Å². The van der Waals surface area contributed by atoms with Crippen molar-refractivity contribution in [1.82, 2.24) is 5.32 Å². The number of benzene rings is 2. The lowest BCUT2D eigenvalue weighted by molar-refractivity contribution is -0.121. The van der Waals surface area contributed by atoms with E-state index in [-0.39, 0.29) is 5.91 Å². The zero-order valence-electron chi connectivity index (χ0n) is 14.5. The quantitative estimate of drug-likeness (QED) is 0.625. The summed E-state index contributed by atoms with van der Waals surface area (Å²) in [4.78, 5) is 11.9. The van der Waals surface area contributed by atoms with Gasteiger partial charge in [0, 0.05) is 18.4 Å². The number of furan rings is 1. The van der Waals surface area contributed by atoms with E-state index >= 15 is 0 Å². The Morgan fingerprint density at radius 1 is 1.12 bits per heavy atom. The van der Waals surface area contributed by atoms with Crippen molar-refractivity contribution < 1.29 is 13.9 Å². The van der Waals surface area contributed by atoms with Crippen LogP contribution in [0.4, 0.5) is 0 Å². The smallest absolute Gasteiger partial charge is 0.220 e. The van der Waals surface area contributed by atoms with Crippen LogP contribution in [0.5, 0.6) is 5.75 Å². The molecule has 0 unspecified atom stereocenters. The number of carbonyl (C=O) groups is 1. The van der Waals surface area contributed by atoms with Crippen molar-refractivity contribution in [3.63, 3.8) is 0 Å². The molecular formula is C21H23NO3. The van der Waals surface area contributed by atoms with Crippen LogP contribution >= 0.6 is 0 Å². The van der Waals surface area contributed by atoms with Crippen LogP contribution in [-0.2, 0) is 11.2 Å². The lowest BCUT2D eigenvalue weighted by Gasteiger charge is -2.07. The number of hydrogen-bond donors (Lipinski definition) is 1. The van der Waals surface area contributed by atoms with Gasteiger partial charge in [-0.1, -0.05) is 35.9 Å². The number of amides is 1. The first-order valence-electron chi connectivity index (χ1n) is 8.63. The minimum absolute atomic E-state index is 0.0558. The molecule has 4 nitrogen and oxygen atoms in total. The first kappa shape index (κ1) is 17.1. The van der Waals surface area contributed by atoms with Gasteiger partial charge in [-0.25, -0.2) is 0 Å². The Kier molecular flexibility index (Phi) is 5.73. The van der Waals surface area contributed by atoms with Gasteiger partial charge in [0.15, 0.2) is 0 Å². The van der Waals surface area contributed by atoms with Crippen molar-refractivity contribution in [2.45, 2.75) is 26.2 Å². The summed E-state index contributed by atoms with van der Waals surface area (Å²) in [5.74, 6) is 0.901. The summed E-state index contributed by atoms with van der Waals surface area (Å²) in [5, 5.41) is 4.07. The molecule has 3 rings (SSSR count). The van der Waals surface area contributed by atoms with Crippen molar-refractivity contribution >= 4 is 16.9 Å². The van der Waals surface area contributed by atoms with E-state index in [0.717, 1.165) is 28.7 Å². The van der Waals surface area contributed by atoms with E-state index < -0.39 is 0 Å². The molecule has 1 amide bonds. The Morgan fingerprint density at radius 2 is 1.92 bits per heavy atom. The van der Waals surface area contributed by atoms with Gasteiger partial charge in [0.25, 0.3) is 0 Å². The SMILES string of the molecule is Cc1ccc(OCCCC(=O)NCCc2coc3ccccc23)cc1. The van der Waals surface area contributed by atoms with Crippen LogP contribution in [0.25, 0.3) is 11.0 Å². The van der Waals surface area contributed by atoms with Gasteiger partial charge in [-0.15, -0.1) is 0 Å². The zero-order valence-corrected chi connectivity index (χ0v) is 14.5. The molecule has 0 radical (unpaired) electrons. The largest absolute Gasteiger partial charge is 0.494 e. The minimum atomic E-state index is 0.0558. The molecule has 0 aliphatic heterocycles. The summed E-state index contributed by atoms with van der Waals surface area (Å²) in [7, 11) is 0. The molecule has 2 aromatic carbocycles. The van der Waals surface area contributed by atoms with Crippen molar-refractivity contribution in [2.24, 2.45) is 0 Å². The lowest BCUT2D eigenvalue weighted by Crippen LogP contribution is -2.25. The molecule has 0 saturated heterocycles. The summed E-state index contributed by atoms with van der Waals surface area (Å²) in [6, 6.07) is 15.9. The van der Waals surface area contributed by atoms with E-state index in [0.29, 0.717) is 26.0 Å². The predicted octanol–water partition coefficient (Wildman–Crippen LogP) is 4.26. The number of fused-ring (bicyclic) bond motifs is 1. The van der Waals surface area contributed by atoms with E-state index in [1.165, 1.54) is 5.56 Å². The normalized spacial score (nSPS) is 10.8. The molecule has 4 heteroatoms. The Bertz CT molecular complexity index is 821. The molecule has 1 heterocycles. The molecule has 0 aliphatic carbocycles. The Morgan fingerprint density at radius 3 is 2.76 bits per heavy atom. The molecule has 0 aliphatic rings. The van der Waals surface area contributed by atoms with Crippen molar-refractivity contribution in [2.75, 3.05) is 13.2 Å². The average Bonchev–Trinajstić information content (AvgIpc) is 3.04. The highest BCUT2D eigenvalue weighted by Gasteiger charge is 2.06. The molecule has 0 fully saturated rings. The number of rotatable bonds is 8. The van der Waals surface area contributed by atoms with Gasteiger partial charge in [0.2, 0.25) is 5.91 Å². The molecule has 1 aromatic heterocycles. The van der Waals surface area contributed by atoms with E-state index in [1.807, 2.05) is 55.5 Å². The van der Waals surface area contributed by atoms with Gasteiger partial charge in [-0.3, -0.25) is 4.79 Å². The number of aryl methyl sites for hydroxylation is 1. The van der Waals surface area contributed by atoms with Crippen LogP contribution in [0.2, 0.25) is 0 Å². The number of para-hydroxylation sites is 1. The van der Waals surface area contributed by atoms with Gasteiger partial charge < -0.3 is 14.5 Å². The number of nitrogens with one attached hydrogen (secondary N) is 1. The third-order valence-electron chi connectivity index (χ3n) is 4.12. The molecule has 25 heavy (non-hydrogen) atoms. The Balaban J connectivity index is 1.33. The number of hydrogen-bond acceptors (Lipinski definition) is 3. The maximum absolute atomic E-state index is 11.9. The summed E-state index contributed by atoms with van der Waals surface area (Å²) < 4.78 is 11.1. The van der Waals surface area contributed by atoms with Crippen LogP contribution < -0.4 is 10.1 Å². The summed E-state index contributed by atoms with van der Waals surface area (Å²) in [6.45, 7) is 3.20. The van der Waals surface area contributed by atoms with E-state index in [9.17, 15) is 4.79 Å². The third kappa shape index (κ3) is 4.86. The van der Waals surface area contributed by atoms with Gasteiger partial charge in [-0.05, 0) is 43.5 Å². The van der Waals surface area contributed by atoms with Gasteiger partial charge in [-0.2, -0.15) is 0 Å². The lowest BCUT2D eigenvalue weighted by atomic mass is 10.1. The Hall–Kier alpha value is -2.75. The van der Waals surface area contributed by atoms with Crippen LogP contribution in [-0.4, -0.2) is 19.1 Å². The van der Waals surface area contributed by atoms with E-state index in [1.54, 1.807) is 6.26 Å². The maximum atomic E-state index is 11.9. The molecule has 130 valence electrons. The van der Waals surface area contributed by atoms with Crippen LogP contribution in [0, 0.1) is 6.92 Å². The van der Waals surface area contributed by atoms with Crippen molar-refractivity contribution in [3.8, 4) is 5.75 Å². The predicted molar refractivity (Wildman–Crippen MR) is 98.8 cm³/mol. The van der Waals surface area contributed by atoms with E-state index in [2.05, 4.69) is 5.32 Å². The molecule has 0 spiro atoms. The first-order valence-corrected chi connectivity index (χ1v) is 8.63. The fraction of sp³-hybridized carbons (Fsp3) is 0.286. The highest BCUT2D eigenvalue weighted by molar-refractivity contribution is 5.81.